The van der Waals surface area contributed by atoms with Crippen LogP contribution in [0.4, 0.5) is 0 Å². The third kappa shape index (κ3) is 2.77. The van der Waals surface area contributed by atoms with Gasteiger partial charge in [0.2, 0.25) is 0 Å². The van der Waals surface area contributed by atoms with Crippen molar-refractivity contribution in [2.24, 2.45) is 0 Å². The average Bonchev–Trinajstić information content (AvgIpc) is 2.15. The Balaban J connectivity index is 3.18. The van der Waals surface area contributed by atoms with E-state index in [1.54, 1.807) is 18.2 Å². The molecular weight excluding hydrogens is 249 g/mol. The number of alkyl halides is 1. The molecule has 0 aliphatic heterocycles. The van der Waals surface area contributed by atoms with Crippen molar-refractivity contribution in [3.8, 4) is 17.9 Å². The van der Waals surface area contributed by atoms with Crippen LogP contribution < -0.4 is 0 Å². The molecule has 0 aromatic heterocycles. The summed E-state index contributed by atoms with van der Waals surface area (Å²) in [6.45, 7) is 0. The summed E-state index contributed by atoms with van der Waals surface area (Å²) in [5, 5.41) is 9.92. The van der Waals surface area contributed by atoms with Crippen molar-refractivity contribution >= 4 is 27.5 Å². The molecule has 1 aromatic rings. The summed E-state index contributed by atoms with van der Waals surface area (Å²) in [6, 6.07) is 7.09. The van der Waals surface area contributed by atoms with Crippen molar-refractivity contribution in [2.75, 3.05) is 5.33 Å². The first kappa shape index (κ1) is 10.1. The van der Waals surface area contributed by atoms with E-state index in [-0.39, 0.29) is 0 Å². The van der Waals surface area contributed by atoms with E-state index in [4.69, 9.17) is 16.9 Å². The second kappa shape index (κ2) is 4.92. The molecule has 0 unspecified atom stereocenters. The monoisotopic (exact) mass is 253 g/mol. The fourth-order valence-electron chi connectivity index (χ4n) is 0.846. The fraction of sp³-hybridized carbons (Fsp3) is 0.100. The smallest absolute Gasteiger partial charge is 0.100 e. The lowest BCUT2D eigenvalue weighted by Gasteiger charge is -1.94. The van der Waals surface area contributed by atoms with Gasteiger partial charge in [0.25, 0.3) is 0 Å². The normalized spacial score (nSPS) is 8.38. The van der Waals surface area contributed by atoms with Crippen LogP contribution in [-0.2, 0) is 0 Å². The number of benzene rings is 1. The molecule has 0 heterocycles. The number of nitriles is 1. The molecule has 0 aliphatic rings. The second-order valence-electron chi connectivity index (χ2n) is 2.24. The molecule has 0 radical (unpaired) electrons. The van der Waals surface area contributed by atoms with Gasteiger partial charge in [0.15, 0.2) is 0 Å². The minimum absolute atomic E-state index is 0.554. The summed E-state index contributed by atoms with van der Waals surface area (Å²) in [4.78, 5) is 0. The lowest BCUT2D eigenvalue weighted by Crippen LogP contribution is -1.82. The van der Waals surface area contributed by atoms with E-state index in [0.29, 0.717) is 21.5 Å². The number of rotatable bonds is 0. The Bertz CT molecular complexity index is 409. The highest BCUT2D eigenvalue weighted by molar-refractivity contribution is 9.09. The molecule has 13 heavy (non-hydrogen) atoms. The van der Waals surface area contributed by atoms with Gasteiger partial charge in [-0.25, -0.2) is 0 Å². The van der Waals surface area contributed by atoms with Crippen LogP contribution in [0, 0.1) is 23.2 Å². The van der Waals surface area contributed by atoms with Crippen molar-refractivity contribution in [1.82, 2.24) is 0 Å². The van der Waals surface area contributed by atoms with Gasteiger partial charge in [-0.05, 0) is 18.2 Å². The topological polar surface area (TPSA) is 23.8 Å². The van der Waals surface area contributed by atoms with Crippen molar-refractivity contribution in [2.45, 2.75) is 0 Å². The minimum Gasteiger partial charge on any atom is -0.192 e. The highest BCUT2D eigenvalue weighted by atomic mass is 79.9. The summed E-state index contributed by atoms with van der Waals surface area (Å²) in [6.07, 6.45) is 0. The quantitative estimate of drug-likeness (QED) is 0.516. The van der Waals surface area contributed by atoms with Crippen LogP contribution in [0.1, 0.15) is 11.1 Å². The molecule has 0 aliphatic carbocycles. The van der Waals surface area contributed by atoms with Gasteiger partial charge in [-0.3, -0.25) is 0 Å². The maximum atomic E-state index is 8.74. The Labute approximate surface area is 90.5 Å². The van der Waals surface area contributed by atoms with E-state index in [2.05, 4.69) is 33.8 Å². The van der Waals surface area contributed by atoms with E-state index in [1.807, 2.05) is 0 Å². The Hall–Kier alpha value is -0.960. The van der Waals surface area contributed by atoms with Gasteiger partial charge in [-0.1, -0.05) is 39.4 Å². The van der Waals surface area contributed by atoms with E-state index in [1.165, 1.54) is 0 Å². The number of hydrogen-bond donors (Lipinski definition) is 0. The largest absolute Gasteiger partial charge is 0.192 e. The maximum Gasteiger partial charge on any atom is 0.100 e. The predicted molar refractivity (Wildman–Crippen MR) is 56.8 cm³/mol. The molecule has 1 rings (SSSR count). The van der Waals surface area contributed by atoms with Gasteiger partial charge < -0.3 is 0 Å². The SMILES string of the molecule is N#Cc1ccc(Cl)cc1C#CCBr. The molecule has 0 amide bonds. The molecule has 0 N–H and O–H groups in total. The minimum atomic E-state index is 0.554. The Morgan fingerprint density at radius 1 is 1.38 bits per heavy atom. The molecule has 0 saturated heterocycles. The van der Waals surface area contributed by atoms with Crippen molar-refractivity contribution in [1.29, 1.82) is 5.26 Å². The van der Waals surface area contributed by atoms with Gasteiger partial charge in [0.05, 0.1) is 10.9 Å². The molecule has 0 atom stereocenters. The maximum absolute atomic E-state index is 8.74. The first-order valence-corrected chi connectivity index (χ1v) is 5.02. The molecule has 64 valence electrons. The van der Waals surface area contributed by atoms with Crippen molar-refractivity contribution < 1.29 is 0 Å². The lowest BCUT2D eigenvalue weighted by atomic mass is 10.1. The Morgan fingerprint density at radius 2 is 2.15 bits per heavy atom. The Kier molecular flexibility index (Phi) is 3.83. The predicted octanol–water partition coefficient (Wildman–Crippen LogP) is 2.96. The van der Waals surface area contributed by atoms with Crippen LogP contribution in [0.3, 0.4) is 0 Å². The van der Waals surface area contributed by atoms with Crippen LogP contribution in [0.25, 0.3) is 0 Å². The van der Waals surface area contributed by atoms with Crippen LogP contribution >= 0.6 is 27.5 Å². The molecule has 0 fully saturated rings. The van der Waals surface area contributed by atoms with Gasteiger partial charge in [-0.2, -0.15) is 5.26 Å². The summed E-state index contributed by atoms with van der Waals surface area (Å²) in [5.74, 6) is 5.67. The summed E-state index contributed by atoms with van der Waals surface area (Å²) in [7, 11) is 0. The highest BCUT2D eigenvalue weighted by Crippen LogP contribution is 2.14. The first-order chi connectivity index (χ1) is 6.27. The molecule has 0 spiro atoms. The van der Waals surface area contributed by atoms with Gasteiger partial charge in [-0.15, -0.1) is 0 Å². The lowest BCUT2D eigenvalue weighted by molar-refractivity contribution is 1.47. The molecule has 1 aromatic carbocycles. The fourth-order valence-corrected chi connectivity index (χ4v) is 1.16. The summed E-state index contributed by atoms with van der Waals surface area (Å²) in [5.41, 5.74) is 1.23. The highest BCUT2D eigenvalue weighted by Gasteiger charge is 1.98. The molecule has 3 heteroatoms. The number of hydrogen-bond acceptors (Lipinski definition) is 1. The second-order valence-corrected chi connectivity index (χ2v) is 3.23. The van der Waals surface area contributed by atoms with Crippen LogP contribution in [0.5, 0.6) is 0 Å². The van der Waals surface area contributed by atoms with E-state index in [0.717, 1.165) is 0 Å². The summed E-state index contributed by atoms with van der Waals surface area (Å²) < 4.78 is 0. The van der Waals surface area contributed by atoms with Crippen molar-refractivity contribution in [3.05, 3.63) is 34.3 Å². The third-order valence-corrected chi connectivity index (χ3v) is 1.91. The Morgan fingerprint density at radius 3 is 2.77 bits per heavy atom. The van der Waals surface area contributed by atoms with Gasteiger partial charge >= 0.3 is 0 Å². The average molecular weight is 255 g/mol. The van der Waals surface area contributed by atoms with E-state index in [9.17, 15) is 0 Å². The van der Waals surface area contributed by atoms with Gasteiger partial charge in [0, 0.05) is 10.6 Å². The third-order valence-electron chi connectivity index (χ3n) is 1.39. The van der Waals surface area contributed by atoms with Crippen LogP contribution in [-0.4, -0.2) is 5.33 Å². The zero-order chi connectivity index (χ0) is 9.68. The molecule has 0 bridgehead atoms. The van der Waals surface area contributed by atoms with Crippen molar-refractivity contribution in [3.63, 3.8) is 0 Å². The van der Waals surface area contributed by atoms with Gasteiger partial charge in [0.1, 0.15) is 6.07 Å². The standard InChI is InChI=1S/C10H5BrClN/c11-5-1-2-8-6-10(12)4-3-9(8)7-13/h3-4,6H,5H2. The van der Waals surface area contributed by atoms with Crippen LogP contribution in [0.2, 0.25) is 5.02 Å². The van der Waals surface area contributed by atoms with Crippen LogP contribution in [0.15, 0.2) is 18.2 Å². The molecular formula is C10H5BrClN. The molecule has 1 nitrogen and oxygen atoms in total. The number of halogens is 2. The summed E-state index contributed by atoms with van der Waals surface area (Å²) >= 11 is 8.95. The first-order valence-electron chi connectivity index (χ1n) is 3.52. The molecule has 0 saturated carbocycles. The van der Waals surface area contributed by atoms with E-state index < -0.39 is 0 Å². The zero-order valence-corrected chi connectivity index (χ0v) is 8.98. The van der Waals surface area contributed by atoms with E-state index >= 15 is 0 Å². The zero-order valence-electron chi connectivity index (χ0n) is 6.64. The number of nitrogens with zero attached hydrogens (tertiary/aromatic N) is 1.